The molecule has 10 nitrogen and oxygen atoms in total. The number of piperazine rings is 1. The molecule has 1 saturated carbocycles. The SMILES string of the molecule is Cc1nc2cc(CS(=O)(=O)N3CCN(c4cnn(-c5cc(F)cc(F)c5)c(=O)c4OCC4(C)CC4)CC3)ccc2o1. The molecular formula is C28H29F2N5O5S. The van der Waals surface area contributed by atoms with Crippen LogP contribution in [0.4, 0.5) is 14.5 Å². The molecule has 3 heterocycles. The second-order valence-corrected chi connectivity index (χ2v) is 12.9. The standard InChI is InChI=1S/C28H29F2N5O5S/c1-18-32-23-11-19(3-4-25(23)40-18)16-41(37,38)34-9-7-33(8-10-34)24-15-31-35(22-13-20(29)12-21(30)14-22)27(36)26(24)39-17-28(2)5-6-28/h3-4,11-15H,5-10,16-17H2,1-2H3. The van der Waals surface area contributed by atoms with Gasteiger partial charge >= 0.3 is 5.56 Å². The largest absolute Gasteiger partial charge is 0.486 e. The second-order valence-electron chi connectivity index (χ2n) is 11.0. The van der Waals surface area contributed by atoms with Crippen LogP contribution in [-0.4, -0.2) is 60.3 Å². The summed E-state index contributed by atoms with van der Waals surface area (Å²) in [7, 11) is -3.63. The summed E-state index contributed by atoms with van der Waals surface area (Å²) < 4.78 is 68.1. The van der Waals surface area contributed by atoms with Gasteiger partial charge in [-0.25, -0.2) is 22.2 Å². The monoisotopic (exact) mass is 585 g/mol. The molecule has 6 rings (SSSR count). The predicted octanol–water partition coefficient (Wildman–Crippen LogP) is 3.79. The number of ether oxygens (including phenoxy) is 1. The van der Waals surface area contributed by atoms with Crippen LogP contribution in [0.1, 0.15) is 31.2 Å². The fourth-order valence-corrected chi connectivity index (χ4v) is 6.43. The Morgan fingerprint density at radius 2 is 1.76 bits per heavy atom. The molecule has 0 unspecified atom stereocenters. The van der Waals surface area contributed by atoms with Gasteiger partial charge in [-0.2, -0.15) is 14.1 Å². The van der Waals surface area contributed by atoms with Crippen LogP contribution < -0.4 is 15.2 Å². The van der Waals surface area contributed by atoms with Crippen molar-refractivity contribution < 1.29 is 26.4 Å². The van der Waals surface area contributed by atoms with E-state index < -0.39 is 27.2 Å². The van der Waals surface area contributed by atoms with Gasteiger partial charge < -0.3 is 14.1 Å². The molecule has 1 saturated heterocycles. The zero-order valence-corrected chi connectivity index (χ0v) is 23.5. The van der Waals surface area contributed by atoms with Crippen molar-refractivity contribution in [1.29, 1.82) is 0 Å². The van der Waals surface area contributed by atoms with Gasteiger partial charge in [0.05, 0.1) is 24.2 Å². The van der Waals surface area contributed by atoms with Crippen LogP contribution in [0.5, 0.6) is 5.75 Å². The number of benzene rings is 2. The van der Waals surface area contributed by atoms with Crippen molar-refractivity contribution in [3.05, 3.63) is 76.0 Å². The van der Waals surface area contributed by atoms with Crippen LogP contribution in [0.15, 0.2) is 51.8 Å². The highest BCUT2D eigenvalue weighted by molar-refractivity contribution is 7.88. The predicted molar refractivity (Wildman–Crippen MR) is 148 cm³/mol. The van der Waals surface area contributed by atoms with E-state index in [1.165, 1.54) is 10.5 Å². The second kappa shape index (κ2) is 10.2. The summed E-state index contributed by atoms with van der Waals surface area (Å²) in [5.41, 5.74) is 1.49. The minimum atomic E-state index is -3.63. The van der Waals surface area contributed by atoms with Crippen molar-refractivity contribution in [3.63, 3.8) is 0 Å². The van der Waals surface area contributed by atoms with Gasteiger partial charge in [-0.1, -0.05) is 13.0 Å². The molecule has 41 heavy (non-hydrogen) atoms. The summed E-state index contributed by atoms with van der Waals surface area (Å²) in [5.74, 6) is -1.32. The van der Waals surface area contributed by atoms with Crippen LogP contribution in [0.25, 0.3) is 16.8 Å². The third kappa shape index (κ3) is 5.68. The van der Waals surface area contributed by atoms with E-state index in [4.69, 9.17) is 9.15 Å². The molecule has 0 N–H and O–H groups in total. The number of sulfonamides is 1. The van der Waals surface area contributed by atoms with Crippen molar-refractivity contribution in [2.75, 3.05) is 37.7 Å². The first kappa shape index (κ1) is 27.3. The number of aromatic nitrogens is 3. The number of oxazole rings is 1. The average molecular weight is 586 g/mol. The molecule has 13 heteroatoms. The van der Waals surface area contributed by atoms with Crippen LogP contribution in [-0.2, 0) is 15.8 Å². The van der Waals surface area contributed by atoms with Crippen LogP contribution in [0.3, 0.4) is 0 Å². The first-order valence-corrected chi connectivity index (χ1v) is 14.9. The zero-order chi connectivity index (χ0) is 28.9. The van der Waals surface area contributed by atoms with Crippen molar-refractivity contribution in [2.45, 2.75) is 32.4 Å². The van der Waals surface area contributed by atoms with Crippen LogP contribution in [0, 0.1) is 24.0 Å². The lowest BCUT2D eigenvalue weighted by molar-refractivity contribution is 0.242. The van der Waals surface area contributed by atoms with E-state index in [1.807, 2.05) is 4.90 Å². The summed E-state index contributed by atoms with van der Waals surface area (Å²) in [6.07, 6.45) is 3.36. The molecule has 2 aliphatic rings. The minimum Gasteiger partial charge on any atom is -0.486 e. The van der Waals surface area contributed by atoms with E-state index >= 15 is 0 Å². The van der Waals surface area contributed by atoms with Gasteiger partial charge in [0.2, 0.25) is 15.8 Å². The number of hydrogen-bond donors (Lipinski definition) is 0. The molecular weight excluding hydrogens is 556 g/mol. The van der Waals surface area contributed by atoms with E-state index in [-0.39, 0.29) is 35.7 Å². The fourth-order valence-electron chi connectivity index (χ4n) is 4.93. The Hall–Kier alpha value is -3.84. The van der Waals surface area contributed by atoms with Crippen molar-refractivity contribution in [1.82, 2.24) is 19.1 Å². The molecule has 4 aromatic rings. The molecule has 2 fully saturated rings. The van der Waals surface area contributed by atoms with Gasteiger partial charge in [0, 0.05) is 44.6 Å². The number of aryl methyl sites for hydroxylation is 1. The van der Waals surface area contributed by atoms with E-state index in [9.17, 15) is 22.0 Å². The molecule has 0 amide bonds. The summed E-state index contributed by atoms with van der Waals surface area (Å²) in [4.78, 5) is 19.6. The summed E-state index contributed by atoms with van der Waals surface area (Å²) in [6, 6.07) is 7.91. The van der Waals surface area contributed by atoms with Gasteiger partial charge in [-0.05, 0) is 42.7 Å². The topological polar surface area (TPSA) is 111 Å². The van der Waals surface area contributed by atoms with Crippen molar-refractivity contribution in [2.24, 2.45) is 5.41 Å². The zero-order valence-electron chi connectivity index (χ0n) is 22.6. The third-order valence-electron chi connectivity index (χ3n) is 7.56. The maximum absolute atomic E-state index is 13.9. The lowest BCUT2D eigenvalue weighted by Crippen LogP contribution is -2.49. The Morgan fingerprint density at radius 1 is 1.05 bits per heavy atom. The highest BCUT2D eigenvalue weighted by Crippen LogP contribution is 2.45. The Bertz CT molecular complexity index is 1770. The van der Waals surface area contributed by atoms with E-state index in [2.05, 4.69) is 17.0 Å². The maximum atomic E-state index is 13.9. The third-order valence-corrected chi connectivity index (χ3v) is 9.41. The summed E-state index contributed by atoms with van der Waals surface area (Å²) >= 11 is 0. The van der Waals surface area contributed by atoms with Gasteiger partial charge in [0.1, 0.15) is 22.8 Å². The van der Waals surface area contributed by atoms with Crippen molar-refractivity contribution >= 4 is 26.8 Å². The minimum absolute atomic E-state index is 0.0188. The molecule has 0 atom stereocenters. The average Bonchev–Trinajstić information content (AvgIpc) is 3.53. The molecule has 1 aliphatic heterocycles. The molecule has 1 aliphatic carbocycles. The summed E-state index contributed by atoms with van der Waals surface area (Å²) in [6.45, 7) is 5.09. The number of fused-ring (bicyclic) bond motifs is 1. The number of rotatable bonds is 8. The van der Waals surface area contributed by atoms with Gasteiger partial charge in [-0.15, -0.1) is 0 Å². The smallest absolute Gasteiger partial charge is 0.316 e. The maximum Gasteiger partial charge on any atom is 0.316 e. The lowest BCUT2D eigenvalue weighted by atomic mass is 10.2. The molecule has 2 aromatic heterocycles. The van der Waals surface area contributed by atoms with Crippen LogP contribution >= 0.6 is 0 Å². The number of nitrogens with zero attached hydrogens (tertiary/aromatic N) is 5. The van der Waals surface area contributed by atoms with Gasteiger partial charge in [0.15, 0.2) is 11.5 Å². The normalized spacial score (nSPS) is 17.2. The Balaban J connectivity index is 1.22. The molecule has 0 bridgehead atoms. The highest BCUT2D eigenvalue weighted by atomic mass is 32.2. The lowest BCUT2D eigenvalue weighted by Gasteiger charge is -2.35. The first-order valence-electron chi connectivity index (χ1n) is 13.3. The molecule has 2 aromatic carbocycles. The number of hydrogen-bond acceptors (Lipinski definition) is 8. The number of anilines is 1. The molecule has 0 radical (unpaired) electrons. The quantitative estimate of drug-likeness (QED) is 0.307. The van der Waals surface area contributed by atoms with E-state index in [0.717, 1.165) is 35.7 Å². The molecule has 0 spiro atoms. The van der Waals surface area contributed by atoms with Gasteiger partial charge in [0.25, 0.3) is 0 Å². The Labute approximate surface area is 235 Å². The number of halogens is 2. The highest BCUT2D eigenvalue weighted by Gasteiger charge is 2.39. The van der Waals surface area contributed by atoms with Crippen LogP contribution in [0.2, 0.25) is 0 Å². The Morgan fingerprint density at radius 3 is 2.44 bits per heavy atom. The fraction of sp³-hybridized carbons (Fsp3) is 0.393. The van der Waals surface area contributed by atoms with Crippen molar-refractivity contribution in [3.8, 4) is 11.4 Å². The molecule has 216 valence electrons. The first-order chi connectivity index (χ1) is 19.5. The van der Waals surface area contributed by atoms with Gasteiger partial charge in [-0.3, -0.25) is 4.79 Å². The summed E-state index contributed by atoms with van der Waals surface area (Å²) in [5, 5.41) is 4.18. The van der Waals surface area contributed by atoms with E-state index in [0.29, 0.717) is 47.9 Å². The Kier molecular flexibility index (Phi) is 6.81. The van der Waals surface area contributed by atoms with E-state index in [1.54, 1.807) is 25.1 Å².